The Kier molecular flexibility index (Phi) is 7.42. The molecule has 0 radical (unpaired) electrons. The summed E-state index contributed by atoms with van der Waals surface area (Å²) in [6.07, 6.45) is 2.46. The number of nitrogens with one attached hydrogen (secondary N) is 1. The summed E-state index contributed by atoms with van der Waals surface area (Å²) in [4.78, 5) is 4.43. The van der Waals surface area contributed by atoms with Crippen molar-refractivity contribution in [2.75, 3.05) is 24.7 Å². The summed E-state index contributed by atoms with van der Waals surface area (Å²) in [7, 11) is 1.59. The number of guanidine groups is 1. The number of methoxy groups -OCH3 is 1. The third-order valence-corrected chi connectivity index (χ3v) is 5.13. The fourth-order valence-corrected chi connectivity index (χ4v) is 3.63. The van der Waals surface area contributed by atoms with Crippen LogP contribution in [-0.4, -0.2) is 30.1 Å². The normalized spacial score (nSPS) is 21.8. The number of hydrogen-bond acceptors (Lipinski definition) is 3. The lowest BCUT2D eigenvalue weighted by atomic mass is 10.1. The maximum absolute atomic E-state index is 6.07. The van der Waals surface area contributed by atoms with E-state index < -0.39 is 0 Å². The number of benzene rings is 1. The zero-order chi connectivity index (χ0) is 14.6. The van der Waals surface area contributed by atoms with Crippen LogP contribution in [0.5, 0.6) is 5.75 Å². The molecule has 4 nitrogen and oxygen atoms in total. The lowest BCUT2D eigenvalue weighted by Crippen LogP contribution is -2.27. The number of hydrogen-bond donors (Lipinski definition) is 2. The molecule has 21 heavy (non-hydrogen) atoms. The lowest BCUT2D eigenvalue weighted by Gasteiger charge is -2.20. The van der Waals surface area contributed by atoms with Crippen molar-refractivity contribution in [2.24, 2.45) is 10.7 Å². The Labute approximate surface area is 152 Å². The number of anilines is 1. The summed E-state index contributed by atoms with van der Waals surface area (Å²) in [5, 5.41) is 3.60. The minimum absolute atomic E-state index is 0. The van der Waals surface area contributed by atoms with Crippen LogP contribution in [-0.2, 0) is 0 Å². The van der Waals surface area contributed by atoms with Gasteiger partial charge in [0, 0.05) is 10.4 Å². The molecular weight excluding hydrogens is 421 g/mol. The van der Waals surface area contributed by atoms with Crippen molar-refractivity contribution in [1.82, 2.24) is 0 Å². The molecule has 1 aromatic carbocycles. The summed E-state index contributed by atoms with van der Waals surface area (Å²) in [5.41, 5.74) is 6.73. The van der Waals surface area contributed by atoms with Crippen LogP contribution in [0.2, 0.25) is 5.02 Å². The van der Waals surface area contributed by atoms with E-state index in [-0.39, 0.29) is 28.7 Å². The van der Waals surface area contributed by atoms with Crippen LogP contribution < -0.4 is 15.8 Å². The zero-order valence-corrected chi connectivity index (χ0v) is 16.1. The Morgan fingerprint density at radius 2 is 2.33 bits per heavy atom. The zero-order valence-electron chi connectivity index (χ0n) is 12.2. The van der Waals surface area contributed by atoms with E-state index in [0.29, 0.717) is 16.7 Å². The summed E-state index contributed by atoms with van der Waals surface area (Å²) in [6, 6.07) is 5.43. The highest BCUT2D eigenvalue weighted by atomic mass is 127. The van der Waals surface area contributed by atoms with Gasteiger partial charge in [-0.25, -0.2) is 0 Å². The first-order chi connectivity index (χ1) is 9.52. The predicted octanol–water partition coefficient (Wildman–Crippen LogP) is 3.98. The van der Waals surface area contributed by atoms with Crippen molar-refractivity contribution in [3.63, 3.8) is 0 Å². The van der Waals surface area contributed by atoms with E-state index in [9.17, 15) is 0 Å². The highest BCUT2D eigenvalue weighted by molar-refractivity contribution is 14.0. The van der Waals surface area contributed by atoms with Crippen LogP contribution in [0.25, 0.3) is 0 Å². The summed E-state index contributed by atoms with van der Waals surface area (Å²) in [6.45, 7) is 2.98. The topological polar surface area (TPSA) is 59.6 Å². The molecule has 1 atom stereocenters. The summed E-state index contributed by atoms with van der Waals surface area (Å²) >= 11 is 8.04. The SMILES string of the molecule is COc1ccc(NC(N)=NCC2(C)CCCS2)cc1Cl.I. The van der Waals surface area contributed by atoms with Crippen LogP contribution in [0, 0.1) is 0 Å². The van der Waals surface area contributed by atoms with Crippen molar-refractivity contribution in [3.8, 4) is 5.75 Å². The van der Waals surface area contributed by atoms with Gasteiger partial charge in [-0.15, -0.1) is 24.0 Å². The van der Waals surface area contributed by atoms with Crippen molar-refractivity contribution < 1.29 is 4.74 Å². The largest absolute Gasteiger partial charge is 0.495 e. The molecule has 0 saturated carbocycles. The van der Waals surface area contributed by atoms with Gasteiger partial charge in [0.25, 0.3) is 0 Å². The fraction of sp³-hybridized carbons (Fsp3) is 0.500. The highest BCUT2D eigenvalue weighted by Gasteiger charge is 2.29. The van der Waals surface area contributed by atoms with Gasteiger partial charge in [-0.2, -0.15) is 11.8 Å². The Morgan fingerprint density at radius 1 is 1.57 bits per heavy atom. The first-order valence-electron chi connectivity index (χ1n) is 6.57. The van der Waals surface area contributed by atoms with Gasteiger partial charge in [0.15, 0.2) is 5.96 Å². The van der Waals surface area contributed by atoms with E-state index in [0.717, 1.165) is 12.2 Å². The van der Waals surface area contributed by atoms with Gasteiger partial charge in [0.05, 0.1) is 18.7 Å². The first kappa shape index (κ1) is 18.7. The highest BCUT2D eigenvalue weighted by Crippen LogP contribution is 2.37. The van der Waals surface area contributed by atoms with Gasteiger partial charge >= 0.3 is 0 Å². The van der Waals surface area contributed by atoms with Crippen molar-refractivity contribution in [3.05, 3.63) is 23.2 Å². The fourth-order valence-electron chi connectivity index (χ4n) is 2.15. The smallest absolute Gasteiger partial charge is 0.193 e. The van der Waals surface area contributed by atoms with Crippen LogP contribution in [0.3, 0.4) is 0 Å². The molecule has 7 heteroatoms. The maximum Gasteiger partial charge on any atom is 0.193 e. The Morgan fingerprint density at radius 3 is 2.90 bits per heavy atom. The van der Waals surface area contributed by atoms with Gasteiger partial charge in [0.1, 0.15) is 5.75 Å². The minimum atomic E-state index is 0. The molecular formula is C14H21ClIN3OS. The standard InChI is InChI=1S/C14H20ClN3OS.HI/c1-14(6-3-7-20-14)9-17-13(16)18-10-4-5-12(19-2)11(15)8-10;/h4-5,8H,3,6-7,9H2,1-2H3,(H3,16,17,18);1H. The lowest BCUT2D eigenvalue weighted by molar-refractivity contribution is 0.415. The molecule has 1 heterocycles. The van der Waals surface area contributed by atoms with Crippen molar-refractivity contribution >= 4 is 59.0 Å². The Hall–Kier alpha value is -0.340. The molecule has 0 aromatic heterocycles. The third kappa shape index (κ3) is 5.41. The molecule has 1 aliphatic heterocycles. The second-order valence-electron chi connectivity index (χ2n) is 5.08. The average molecular weight is 442 g/mol. The Bertz CT molecular complexity index is 507. The molecule has 1 aromatic rings. The molecule has 2 rings (SSSR count). The minimum Gasteiger partial charge on any atom is -0.495 e. The van der Waals surface area contributed by atoms with Crippen LogP contribution in [0.4, 0.5) is 5.69 Å². The second-order valence-corrected chi connectivity index (χ2v) is 7.17. The van der Waals surface area contributed by atoms with E-state index >= 15 is 0 Å². The van der Waals surface area contributed by atoms with Crippen LogP contribution in [0.1, 0.15) is 19.8 Å². The molecule has 1 saturated heterocycles. The molecule has 1 fully saturated rings. The van der Waals surface area contributed by atoms with E-state index in [1.54, 1.807) is 19.2 Å². The van der Waals surface area contributed by atoms with Gasteiger partial charge < -0.3 is 15.8 Å². The molecule has 118 valence electrons. The molecule has 1 aliphatic rings. The number of ether oxygens (including phenoxy) is 1. The number of halogens is 2. The van der Waals surface area contributed by atoms with E-state index in [1.807, 2.05) is 17.8 Å². The van der Waals surface area contributed by atoms with E-state index in [2.05, 4.69) is 17.2 Å². The summed E-state index contributed by atoms with van der Waals surface area (Å²) < 4.78 is 5.34. The second kappa shape index (κ2) is 8.33. The molecule has 3 N–H and O–H groups in total. The average Bonchev–Trinajstić information content (AvgIpc) is 2.84. The first-order valence-corrected chi connectivity index (χ1v) is 7.93. The molecule has 0 amide bonds. The van der Waals surface area contributed by atoms with Gasteiger partial charge in [0.2, 0.25) is 0 Å². The number of nitrogens with two attached hydrogens (primary N) is 1. The maximum atomic E-state index is 6.07. The molecule has 0 aliphatic carbocycles. The van der Waals surface area contributed by atoms with Gasteiger partial charge in [-0.1, -0.05) is 11.6 Å². The number of nitrogens with zero attached hydrogens (tertiary/aromatic N) is 1. The molecule has 0 spiro atoms. The van der Waals surface area contributed by atoms with Crippen molar-refractivity contribution in [2.45, 2.75) is 24.5 Å². The van der Waals surface area contributed by atoms with Gasteiger partial charge in [-0.05, 0) is 43.7 Å². The number of aliphatic imine (C=N–C) groups is 1. The molecule has 0 bridgehead atoms. The predicted molar refractivity (Wildman–Crippen MR) is 104 cm³/mol. The number of rotatable bonds is 4. The summed E-state index contributed by atoms with van der Waals surface area (Å²) in [5.74, 6) is 2.27. The van der Waals surface area contributed by atoms with Crippen molar-refractivity contribution in [1.29, 1.82) is 0 Å². The van der Waals surface area contributed by atoms with Gasteiger partial charge in [-0.3, -0.25) is 4.99 Å². The number of thioether (sulfide) groups is 1. The molecule has 1 unspecified atom stereocenters. The Balaban J connectivity index is 0.00000220. The van der Waals surface area contributed by atoms with Crippen LogP contribution in [0.15, 0.2) is 23.2 Å². The van der Waals surface area contributed by atoms with E-state index in [4.69, 9.17) is 22.1 Å². The van der Waals surface area contributed by atoms with E-state index in [1.165, 1.54) is 18.6 Å². The quantitative estimate of drug-likeness (QED) is 0.421. The third-order valence-electron chi connectivity index (χ3n) is 3.31. The van der Waals surface area contributed by atoms with Crippen LogP contribution >= 0.6 is 47.3 Å². The monoisotopic (exact) mass is 441 g/mol.